The second kappa shape index (κ2) is 7.84. The predicted molar refractivity (Wildman–Crippen MR) is 112 cm³/mol. The van der Waals surface area contributed by atoms with Gasteiger partial charge in [0.05, 0.1) is 30.8 Å². The molecule has 4 rings (SSSR count). The number of halogens is 1. The molecule has 4 nitrogen and oxygen atoms in total. The first-order valence-corrected chi connectivity index (χ1v) is 9.81. The molecule has 0 fully saturated rings. The van der Waals surface area contributed by atoms with Crippen molar-refractivity contribution in [2.24, 2.45) is 5.41 Å². The van der Waals surface area contributed by atoms with Crippen LogP contribution in [0.3, 0.4) is 0 Å². The lowest BCUT2D eigenvalue weighted by Crippen LogP contribution is -2.34. The molecule has 3 aromatic rings. The maximum absolute atomic E-state index is 13.2. The van der Waals surface area contributed by atoms with E-state index in [0.717, 1.165) is 29.1 Å². The first-order valence-electron chi connectivity index (χ1n) is 9.81. The number of fused-ring (bicyclic) bond motifs is 1. The highest BCUT2D eigenvalue weighted by molar-refractivity contribution is 5.57. The lowest BCUT2D eigenvalue weighted by molar-refractivity contribution is 0.0625. The number of benzene rings is 2. The van der Waals surface area contributed by atoms with Gasteiger partial charge < -0.3 is 9.84 Å². The van der Waals surface area contributed by atoms with E-state index in [1.54, 1.807) is 19.2 Å². The summed E-state index contributed by atoms with van der Waals surface area (Å²) in [7, 11) is 1.65. The lowest BCUT2D eigenvalue weighted by atomic mass is 9.74. The van der Waals surface area contributed by atoms with Crippen molar-refractivity contribution in [2.75, 3.05) is 7.11 Å². The zero-order chi connectivity index (χ0) is 20.4. The molecule has 0 bridgehead atoms. The maximum Gasteiger partial charge on any atom is 0.123 e. The second-order valence-electron chi connectivity index (χ2n) is 7.86. The van der Waals surface area contributed by atoms with Gasteiger partial charge in [-0.05, 0) is 72.9 Å². The maximum atomic E-state index is 13.2. The van der Waals surface area contributed by atoms with Crippen molar-refractivity contribution in [1.82, 2.24) is 9.78 Å². The van der Waals surface area contributed by atoms with Crippen molar-refractivity contribution in [3.05, 3.63) is 83.4 Å². The molecule has 0 radical (unpaired) electrons. The quantitative estimate of drug-likeness (QED) is 0.667. The highest BCUT2D eigenvalue weighted by Crippen LogP contribution is 2.37. The Morgan fingerprint density at radius 1 is 1.17 bits per heavy atom. The molecule has 0 saturated carbocycles. The zero-order valence-electron chi connectivity index (χ0n) is 16.7. The Balaban J connectivity index is 1.47. The number of aryl methyl sites for hydroxylation is 1. The van der Waals surface area contributed by atoms with Crippen LogP contribution in [0.25, 0.3) is 11.8 Å². The molecule has 0 saturated heterocycles. The van der Waals surface area contributed by atoms with Crippen LogP contribution in [0.2, 0.25) is 0 Å². The molecular formula is C24H25FN2O2. The summed E-state index contributed by atoms with van der Waals surface area (Å²) in [6.45, 7) is 2.08. The van der Waals surface area contributed by atoms with Gasteiger partial charge in [0, 0.05) is 5.41 Å². The Bertz CT molecular complexity index is 1010. The fourth-order valence-corrected chi connectivity index (χ4v) is 3.89. The van der Waals surface area contributed by atoms with Gasteiger partial charge in [-0.2, -0.15) is 5.10 Å². The summed E-state index contributed by atoms with van der Waals surface area (Å²) < 4.78 is 20.2. The lowest BCUT2D eigenvalue weighted by Gasteiger charge is -2.34. The SMILES string of the molecule is COc1ccc(CC[C@H](O)C2(C)C=Cc3c(cnn3-c3ccc(F)cc3)C2)cc1. The number of ether oxygens (including phenoxy) is 1. The summed E-state index contributed by atoms with van der Waals surface area (Å²) in [5.41, 5.74) is 3.72. The van der Waals surface area contributed by atoms with Crippen LogP contribution in [-0.4, -0.2) is 28.1 Å². The van der Waals surface area contributed by atoms with Gasteiger partial charge in [0.25, 0.3) is 0 Å². The topological polar surface area (TPSA) is 47.3 Å². The highest BCUT2D eigenvalue weighted by atomic mass is 19.1. The van der Waals surface area contributed by atoms with Crippen LogP contribution in [0.15, 0.2) is 60.8 Å². The van der Waals surface area contributed by atoms with E-state index in [1.165, 1.54) is 17.7 Å². The zero-order valence-corrected chi connectivity index (χ0v) is 16.7. The van der Waals surface area contributed by atoms with E-state index in [0.29, 0.717) is 12.8 Å². The van der Waals surface area contributed by atoms with Gasteiger partial charge in [-0.1, -0.05) is 25.1 Å². The third-order valence-corrected chi connectivity index (χ3v) is 5.78. The average molecular weight is 392 g/mol. The number of hydrogen-bond acceptors (Lipinski definition) is 3. The van der Waals surface area contributed by atoms with E-state index < -0.39 is 6.10 Å². The summed E-state index contributed by atoms with van der Waals surface area (Å²) in [5.74, 6) is 0.569. The number of aliphatic hydroxyl groups is 1. The Hall–Kier alpha value is -2.92. The summed E-state index contributed by atoms with van der Waals surface area (Å²) in [4.78, 5) is 0. The van der Waals surface area contributed by atoms with Crippen molar-refractivity contribution < 1.29 is 14.2 Å². The number of hydrogen-bond donors (Lipinski definition) is 1. The van der Waals surface area contributed by atoms with Gasteiger partial charge >= 0.3 is 0 Å². The number of aliphatic hydroxyl groups excluding tert-OH is 1. The molecule has 1 unspecified atom stereocenters. The number of aromatic nitrogens is 2. The van der Waals surface area contributed by atoms with Gasteiger partial charge in [-0.3, -0.25) is 0 Å². The van der Waals surface area contributed by atoms with E-state index in [9.17, 15) is 9.50 Å². The molecule has 0 amide bonds. The molecule has 2 aromatic carbocycles. The summed E-state index contributed by atoms with van der Waals surface area (Å²) in [5, 5.41) is 15.4. The van der Waals surface area contributed by atoms with E-state index in [4.69, 9.17) is 4.74 Å². The van der Waals surface area contributed by atoms with Gasteiger partial charge in [0.1, 0.15) is 11.6 Å². The van der Waals surface area contributed by atoms with Crippen LogP contribution in [0.5, 0.6) is 5.75 Å². The Morgan fingerprint density at radius 3 is 2.59 bits per heavy atom. The molecule has 5 heteroatoms. The van der Waals surface area contributed by atoms with Crippen molar-refractivity contribution >= 4 is 6.08 Å². The van der Waals surface area contributed by atoms with Crippen molar-refractivity contribution in [1.29, 1.82) is 0 Å². The smallest absolute Gasteiger partial charge is 0.123 e. The molecule has 1 heterocycles. The van der Waals surface area contributed by atoms with Gasteiger partial charge in [-0.15, -0.1) is 0 Å². The normalized spacial score (nSPS) is 19.0. The molecule has 0 spiro atoms. The molecule has 1 aromatic heterocycles. The van der Waals surface area contributed by atoms with Crippen molar-refractivity contribution in [3.8, 4) is 11.4 Å². The predicted octanol–water partition coefficient (Wildman–Crippen LogP) is 4.59. The van der Waals surface area contributed by atoms with Crippen LogP contribution in [0, 0.1) is 11.2 Å². The Morgan fingerprint density at radius 2 is 1.90 bits per heavy atom. The summed E-state index contributed by atoms with van der Waals surface area (Å²) in [6.07, 6.45) is 7.66. The van der Waals surface area contributed by atoms with Crippen LogP contribution >= 0.6 is 0 Å². The fraction of sp³-hybridized carbons (Fsp3) is 0.292. The molecule has 1 N–H and O–H groups in total. The molecule has 0 aliphatic heterocycles. The fourth-order valence-electron chi connectivity index (χ4n) is 3.89. The van der Waals surface area contributed by atoms with Crippen LogP contribution in [0.4, 0.5) is 4.39 Å². The van der Waals surface area contributed by atoms with Crippen molar-refractivity contribution in [2.45, 2.75) is 32.3 Å². The van der Waals surface area contributed by atoms with Crippen LogP contribution in [-0.2, 0) is 12.8 Å². The van der Waals surface area contributed by atoms with Crippen LogP contribution in [0.1, 0.15) is 30.2 Å². The van der Waals surface area contributed by atoms with Gasteiger partial charge in [-0.25, -0.2) is 9.07 Å². The van der Waals surface area contributed by atoms with E-state index >= 15 is 0 Å². The average Bonchev–Trinajstić information content (AvgIpc) is 3.15. The second-order valence-corrected chi connectivity index (χ2v) is 7.86. The first-order chi connectivity index (χ1) is 14.0. The number of methoxy groups -OCH3 is 1. The van der Waals surface area contributed by atoms with Crippen LogP contribution < -0.4 is 4.74 Å². The van der Waals surface area contributed by atoms with E-state index in [1.807, 2.05) is 41.2 Å². The first kappa shape index (κ1) is 19.4. The minimum atomic E-state index is -0.469. The van der Waals surface area contributed by atoms with E-state index in [-0.39, 0.29) is 11.2 Å². The number of nitrogens with zero attached hydrogens (tertiary/aromatic N) is 2. The minimum Gasteiger partial charge on any atom is -0.497 e. The molecule has 2 atom stereocenters. The minimum absolute atomic E-state index is 0.266. The number of rotatable bonds is 6. The molecule has 150 valence electrons. The Labute approximate surface area is 170 Å². The highest BCUT2D eigenvalue weighted by Gasteiger charge is 2.34. The molecule has 1 aliphatic rings. The third kappa shape index (κ3) is 3.96. The molecular weight excluding hydrogens is 367 g/mol. The largest absolute Gasteiger partial charge is 0.497 e. The third-order valence-electron chi connectivity index (χ3n) is 5.78. The summed E-state index contributed by atoms with van der Waals surface area (Å²) >= 11 is 0. The standard InChI is InChI=1S/C24H25FN2O2/c1-24(23(28)12-5-17-3-10-21(29-2)11-4-17)14-13-22-18(15-24)16-26-27(22)20-8-6-19(25)7-9-20/h3-4,6-11,13-14,16,23,28H,5,12,15H2,1-2H3/t23-,24?/m0/s1. The van der Waals surface area contributed by atoms with Gasteiger partial charge in [0.2, 0.25) is 0 Å². The molecule has 1 aliphatic carbocycles. The summed E-state index contributed by atoms with van der Waals surface area (Å²) in [6, 6.07) is 14.3. The van der Waals surface area contributed by atoms with Gasteiger partial charge in [0.15, 0.2) is 0 Å². The monoisotopic (exact) mass is 392 g/mol. The molecule has 29 heavy (non-hydrogen) atoms. The van der Waals surface area contributed by atoms with E-state index in [2.05, 4.69) is 18.1 Å². The Kier molecular flexibility index (Phi) is 5.24. The van der Waals surface area contributed by atoms with Crippen molar-refractivity contribution in [3.63, 3.8) is 0 Å².